The van der Waals surface area contributed by atoms with E-state index >= 15 is 0 Å². The minimum absolute atomic E-state index is 0.126. The molecule has 5 aliphatic rings. The number of hydrogen-bond acceptors (Lipinski definition) is 12. The molecule has 6 heterocycles. The number of allylic oxidation sites excluding steroid dienone is 1. The van der Waals surface area contributed by atoms with Crippen LogP contribution >= 0.6 is 0 Å². The normalized spacial score (nSPS) is 20.0. The topological polar surface area (TPSA) is 206 Å². The predicted molar refractivity (Wildman–Crippen MR) is 268 cm³/mol. The lowest BCUT2D eigenvalue weighted by Gasteiger charge is -2.31. The molecule has 5 amide bonds. The van der Waals surface area contributed by atoms with Crippen molar-refractivity contribution in [3.8, 4) is 33.9 Å². The summed E-state index contributed by atoms with van der Waals surface area (Å²) in [5.41, 5.74) is 7.75. The Balaban J connectivity index is 0.853. The highest BCUT2D eigenvalue weighted by Gasteiger charge is 2.45. The second kappa shape index (κ2) is 20.4. The zero-order valence-corrected chi connectivity index (χ0v) is 42.2. The SMILES string of the molecule is COC(=O)N[C@H](C(=O)N1CCC[C@H]1c1ncc(-c2ccc(-c3ccc(C4=CN=C([C@@H]5C[C@@H](OC(=O)N6Cc7cc8c(cc7C6)OCO8)CN5C(=O)[C@@H](NC(=O)OC(C)(C)C)C(C)C)C4)cc3)cc2)[nH]1)C(C)C. The number of H-pyrrole nitrogens is 1. The van der Waals surface area contributed by atoms with Crippen LogP contribution in [0, 0.1) is 11.8 Å². The van der Waals surface area contributed by atoms with Crippen LogP contribution in [0.25, 0.3) is 28.0 Å². The van der Waals surface area contributed by atoms with Gasteiger partial charge in [0.2, 0.25) is 18.6 Å². The van der Waals surface area contributed by atoms with Crippen molar-refractivity contribution < 1.29 is 47.7 Å². The van der Waals surface area contributed by atoms with Crippen molar-refractivity contribution in [1.29, 1.82) is 0 Å². The van der Waals surface area contributed by atoms with E-state index in [0.29, 0.717) is 49.8 Å². The van der Waals surface area contributed by atoms with Gasteiger partial charge in [-0.05, 0) is 96.5 Å². The second-order valence-corrected chi connectivity index (χ2v) is 20.8. The standard InChI is InChI=1S/C54H64N8O10/c1-30(2)46(58-51(65)68-8)49(63)61-19-9-10-42(61)48-56-25-41(57-48)35-17-15-33(16-18-35)32-11-13-34(14-12-32)36-20-40(55-24-36)43-23-39(28-62(43)50(64)47(31(3)4)59-52(66)72-54(5,6)7)71-53(67)60-26-37-21-44-45(70-29-69-44)22-38(37)27-60/h11-18,21-22,24-25,30-31,39,42-43,46-47H,9-10,19-20,23,26-29H2,1-8H3,(H,56,57)(H,58,65)(H,59,66)/t39-,42+,43+,46+,47+/m1/s1. The first-order valence-corrected chi connectivity index (χ1v) is 24.8. The van der Waals surface area contributed by atoms with Crippen LogP contribution in [0.15, 0.2) is 78.1 Å². The molecule has 380 valence electrons. The number of carbonyl (C=O) groups excluding carboxylic acids is 5. The van der Waals surface area contributed by atoms with Crippen molar-refractivity contribution >= 4 is 41.4 Å². The highest BCUT2D eigenvalue weighted by atomic mass is 16.7. The number of aliphatic imine (C=N–C) groups is 1. The molecule has 4 aromatic rings. The van der Waals surface area contributed by atoms with Crippen LogP contribution in [0.3, 0.4) is 0 Å². The maximum atomic E-state index is 14.6. The number of methoxy groups -OCH3 is 1. The number of rotatable bonds is 12. The number of benzene rings is 3. The summed E-state index contributed by atoms with van der Waals surface area (Å²) in [6.45, 7) is 14.4. The van der Waals surface area contributed by atoms with Gasteiger partial charge in [0.05, 0.1) is 37.6 Å². The van der Waals surface area contributed by atoms with Gasteiger partial charge in [0.15, 0.2) is 11.5 Å². The Bertz CT molecular complexity index is 2740. The molecule has 0 bridgehead atoms. The summed E-state index contributed by atoms with van der Waals surface area (Å²) in [5, 5.41) is 5.51. The molecule has 0 unspecified atom stereocenters. The molecule has 3 N–H and O–H groups in total. The summed E-state index contributed by atoms with van der Waals surface area (Å²) >= 11 is 0. The number of amides is 5. The van der Waals surface area contributed by atoms with Crippen molar-refractivity contribution in [2.45, 2.75) is 123 Å². The van der Waals surface area contributed by atoms with Crippen LogP contribution in [-0.2, 0) is 36.9 Å². The average Bonchev–Trinajstić information content (AvgIpc) is 4.22. The van der Waals surface area contributed by atoms with Crippen molar-refractivity contribution in [3.05, 3.63) is 95.6 Å². The van der Waals surface area contributed by atoms with E-state index in [2.05, 4.69) is 52.0 Å². The van der Waals surface area contributed by atoms with E-state index in [1.165, 1.54) is 7.11 Å². The smallest absolute Gasteiger partial charge is 0.410 e. The second-order valence-electron chi connectivity index (χ2n) is 20.8. The molecule has 3 aromatic carbocycles. The van der Waals surface area contributed by atoms with Crippen molar-refractivity contribution in [2.75, 3.05) is 27.0 Å². The van der Waals surface area contributed by atoms with E-state index in [9.17, 15) is 24.0 Å². The third-order valence-electron chi connectivity index (χ3n) is 13.9. The predicted octanol–water partition coefficient (Wildman–Crippen LogP) is 8.37. The third kappa shape index (κ3) is 10.6. The molecule has 1 aromatic heterocycles. The van der Waals surface area contributed by atoms with E-state index in [-0.39, 0.29) is 43.0 Å². The first-order valence-electron chi connectivity index (χ1n) is 24.8. The van der Waals surface area contributed by atoms with Crippen molar-refractivity contribution in [3.63, 3.8) is 0 Å². The number of hydrogen-bond donors (Lipinski definition) is 3. The number of imidazole rings is 1. The summed E-state index contributed by atoms with van der Waals surface area (Å²) in [5.74, 6) is 1.16. The van der Waals surface area contributed by atoms with Gasteiger partial charge in [0, 0.05) is 44.4 Å². The summed E-state index contributed by atoms with van der Waals surface area (Å²) in [6.07, 6.45) is 3.61. The van der Waals surface area contributed by atoms with Gasteiger partial charge in [-0.1, -0.05) is 76.2 Å². The molecule has 0 spiro atoms. The molecule has 0 saturated carbocycles. The highest BCUT2D eigenvalue weighted by molar-refractivity contribution is 6.04. The van der Waals surface area contributed by atoms with Gasteiger partial charge in [-0.3, -0.25) is 19.5 Å². The number of alkyl carbamates (subject to hydrolysis) is 2. The Morgan fingerprint density at radius 2 is 1.36 bits per heavy atom. The molecule has 9 rings (SSSR count). The van der Waals surface area contributed by atoms with Gasteiger partial charge >= 0.3 is 18.3 Å². The third-order valence-corrected chi connectivity index (χ3v) is 13.9. The fourth-order valence-electron chi connectivity index (χ4n) is 10.1. The highest BCUT2D eigenvalue weighted by Crippen LogP contribution is 2.39. The maximum Gasteiger partial charge on any atom is 0.410 e. The lowest BCUT2D eigenvalue weighted by Crippen LogP contribution is -2.54. The number of nitrogens with one attached hydrogen (secondary N) is 3. The van der Waals surface area contributed by atoms with Crippen LogP contribution < -0.4 is 20.1 Å². The van der Waals surface area contributed by atoms with Gasteiger partial charge in [-0.2, -0.15) is 0 Å². The number of ether oxygens (including phenoxy) is 5. The molecule has 18 heteroatoms. The lowest BCUT2D eigenvalue weighted by atomic mass is 9.95. The quantitative estimate of drug-likeness (QED) is 0.115. The Hall–Kier alpha value is -7.37. The Morgan fingerprint density at radius 3 is 1.96 bits per heavy atom. The Kier molecular flexibility index (Phi) is 14.0. The van der Waals surface area contributed by atoms with Gasteiger partial charge in [0.25, 0.3) is 0 Å². The maximum absolute atomic E-state index is 14.6. The average molecular weight is 985 g/mol. The van der Waals surface area contributed by atoms with Crippen LogP contribution in [0.2, 0.25) is 0 Å². The molecular weight excluding hydrogens is 921 g/mol. The van der Waals surface area contributed by atoms with Gasteiger partial charge < -0.3 is 49.1 Å². The summed E-state index contributed by atoms with van der Waals surface area (Å²) in [7, 11) is 1.28. The fourth-order valence-corrected chi connectivity index (χ4v) is 10.1. The van der Waals surface area contributed by atoms with Crippen LogP contribution in [0.5, 0.6) is 11.5 Å². The summed E-state index contributed by atoms with van der Waals surface area (Å²) < 4.78 is 27.6. The van der Waals surface area contributed by atoms with Gasteiger partial charge in [-0.25, -0.2) is 19.4 Å². The molecule has 72 heavy (non-hydrogen) atoms. The lowest BCUT2D eigenvalue weighted by molar-refractivity contribution is -0.136. The van der Waals surface area contributed by atoms with Gasteiger partial charge in [0.1, 0.15) is 29.6 Å². The minimum Gasteiger partial charge on any atom is -0.454 e. The van der Waals surface area contributed by atoms with Crippen molar-refractivity contribution in [2.24, 2.45) is 16.8 Å². The zero-order chi connectivity index (χ0) is 51.0. The number of carbonyl (C=O) groups is 5. The number of aromatic nitrogens is 2. The molecule has 0 radical (unpaired) electrons. The monoisotopic (exact) mass is 984 g/mol. The minimum atomic E-state index is -0.897. The summed E-state index contributed by atoms with van der Waals surface area (Å²) in [4.78, 5) is 85.1. The van der Waals surface area contributed by atoms with E-state index in [4.69, 9.17) is 33.7 Å². The van der Waals surface area contributed by atoms with Gasteiger partial charge in [-0.15, -0.1) is 0 Å². The number of aromatic amines is 1. The Labute approximate surface area is 419 Å². The van der Waals surface area contributed by atoms with Crippen LogP contribution in [0.4, 0.5) is 14.4 Å². The van der Waals surface area contributed by atoms with Crippen LogP contribution in [0.1, 0.15) is 103 Å². The molecule has 5 atom stereocenters. The molecular formula is C54H64N8O10. The molecule has 18 nitrogen and oxygen atoms in total. The largest absolute Gasteiger partial charge is 0.454 e. The number of likely N-dealkylation sites (tertiary alicyclic amines) is 2. The molecule has 2 fully saturated rings. The first kappa shape index (κ1) is 49.6. The number of fused-ring (bicyclic) bond motifs is 2. The first-order chi connectivity index (χ1) is 34.4. The molecule has 2 saturated heterocycles. The van der Waals surface area contributed by atoms with E-state index in [1.807, 2.05) is 58.2 Å². The van der Waals surface area contributed by atoms with Crippen molar-refractivity contribution in [1.82, 2.24) is 35.3 Å². The van der Waals surface area contributed by atoms with E-state index in [0.717, 1.165) is 63.2 Å². The van der Waals surface area contributed by atoms with E-state index < -0.39 is 48.1 Å². The fraction of sp³-hybridized carbons (Fsp3) is 0.463. The zero-order valence-electron chi connectivity index (χ0n) is 42.2. The Morgan fingerprint density at radius 1 is 0.778 bits per heavy atom. The summed E-state index contributed by atoms with van der Waals surface area (Å²) in [6, 6.07) is 18.0. The molecule has 5 aliphatic heterocycles. The van der Waals surface area contributed by atoms with Crippen LogP contribution in [-0.4, -0.2) is 117 Å². The van der Waals surface area contributed by atoms with E-state index in [1.54, 1.807) is 41.7 Å². The molecule has 0 aliphatic carbocycles. The number of nitrogens with zero attached hydrogens (tertiary/aromatic N) is 5.